The third kappa shape index (κ3) is 3.98. The summed E-state index contributed by atoms with van der Waals surface area (Å²) in [6.45, 7) is 4.54. The molecule has 0 aliphatic carbocycles. The minimum Gasteiger partial charge on any atom is -0.359 e. The number of rotatable bonds is 4. The van der Waals surface area contributed by atoms with Crippen molar-refractivity contribution in [1.82, 2.24) is 14.8 Å². The van der Waals surface area contributed by atoms with E-state index >= 15 is 0 Å². The summed E-state index contributed by atoms with van der Waals surface area (Å²) in [5.41, 5.74) is 1.24. The molecule has 9 heteroatoms. The highest BCUT2D eigenvalue weighted by Crippen LogP contribution is 2.20. The van der Waals surface area contributed by atoms with Gasteiger partial charge in [0.15, 0.2) is 5.76 Å². The average Bonchev–Trinajstić information content (AvgIpc) is 2.79. The van der Waals surface area contributed by atoms with E-state index in [1.807, 2.05) is 6.92 Å². The van der Waals surface area contributed by atoms with Crippen LogP contribution in [0.15, 0.2) is 4.52 Å². The normalized spacial score (nSPS) is 17.4. The summed E-state index contributed by atoms with van der Waals surface area (Å²) >= 11 is 0. The van der Waals surface area contributed by atoms with Crippen LogP contribution in [0.2, 0.25) is 0 Å². The third-order valence-electron chi connectivity index (χ3n) is 3.75. The molecule has 0 bridgehead atoms. The van der Waals surface area contributed by atoms with Crippen molar-refractivity contribution in [2.45, 2.75) is 39.2 Å². The van der Waals surface area contributed by atoms with Gasteiger partial charge in [-0.15, -0.1) is 0 Å². The number of sulfonamides is 1. The Hall–Kier alpha value is -1.61. The molecule has 22 heavy (non-hydrogen) atoms. The Balaban J connectivity index is 1.87. The van der Waals surface area contributed by atoms with Gasteiger partial charge in [0.1, 0.15) is 11.4 Å². The molecule has 0 atom stereocenters. The molecule has 0 radical (unpaired) electrons. The van der Waals surface area contributed by atoms with Crippen LogP contribution in [0.1, 0.15) is 31.2 Å². The second-order valence-corrected chi connectivity index (χ2v) is 7.44. The lowest BCUT2D eigenvalue weighted by atomic mass is 10.1. The minimum atomic E-state index is -3.15. The Kier molecular flexibility index (Phi) is 5.07. The molecule has 0 saturated carbocycles. The Bertz CT molecular complexity index is 632. The molecule has 1 aromatic heterocycles. The zero-order valence-electron chi connectivity index (χ0n) is 13.0. The first kappa shape index (κ1) is 16.8. The average molecular weight is 330 g/mol. The minimum absolute atomic E-state index is 0.0387. The molecule has 1 fully saturated rings. The molecule has 2 N–H and O–H groups in total. The van der Waals surface area contributed by atoms with E-state index in [1.165, 1.54) is 10.6 Å². The summed E-state index contributed by atoms with van der Waals surface area (Å²) in [5.74, 6) is 0.638. The highest BCUT2D eigenvalue weighted by Gasteiger charge is 2.26. The Morgan fingerprint density at radius 1 is 1.41 bits per heavy atom. The van der Waals surface area contributed by atoms with Crippen LogP contribution in [0, 0.1) is 6.92 Å². The maximum Gasteiger partial charge on any atom is 0.319 e. The predicted molar refractivity (Wildman–Crippen MR) is 82.2 cm³/mol. The highest BCUT2D eigenvalue weighted by atomic mass is 32.2. The fourth-order valence-electron chi connectivity index (χ4n) is 2.48. The van der Waals surface area contributed by atoms with Gasteiger partial charge in [-0.25, -0.2) is 17.5 Å². The molecule has 1 aliphatic rings. The smallest absolute Gasteiger partial charge is 0.319 e. The summed E-state index contributed by atoms with van der Waals surface area (Å²) in [5, 5.41) is 9.46. The van der Waals surface area contributed by atoms with Crippen molar-refractivity contribution in [1.29, 1.82) is 0 Å². The fourth-order valence-corrected chi connectivity index (χ4v) is 3.36. The van der Waals surface area contributed by atoms with Gasteiger partial charge in [0.05, 0.1) is 6.26 Å². The molecule has 0 aromatic carbocycles. The van der Waals surface area contributed by atoms with Crippen molar-refractivity contribution in [3.8, 4) is 0 Å². The van der Waals surface area contributed by atoms with Gasteiger partial charge in [-0.2, -0.15) is 0 Å². The molecule has 1 saturated heterocycles. The van der Waals surface area contributed by atoms with Gasteiger partial charge in [0, 0.05) is 25.6 Å². The fraction of sp³-hybridized carbons (Fsp3) is 0.692. The lowest BCUT2D eigenvalue weighted by Gasteiger charge is -2.30. The molecule has 124 valence electrons. The topological polar surface area (TPSA) is 105 Å². The molecule has 1 aliphatic heterocycles. The number of piperidine rings is 1. The SMILES string of the molecule is CCc1onc(C)c1NC(=O)NC1CCN(S(C)(=O)=O)CC1. The summed E-state index contributed by atoms with van der Waals surface area (Å²) in [4.78, 5) is 12.1. The third-order valence-corrected chi connectivity index (χ3v) is 5.05. The van der Waals surface area contributed by atoms with Gasteiger partial charge in [0.25, 0.3) is 0 Å². The van der Waals surface area contributed by atoms with Crippen LogP contribution in [-0.2, 0) is 16.4 Å². The van der Waals surface area contributed by atoms with E-state index in [-0.39, 0.29) is 12.1 Å². The lowest BCUT2D eigenvalue weighted by Crippen LogP contribution is -2.47. The molecule has 1 aromatic rings. The maximum atomic E-state index is 12.1. The quantitative estimate of drug-likeness (QED) is 0.860. The summed E-state index contributed by atoms with van der Waals surface area (Å²) < 4.78 is 29.4. The van der Waals surface area contributed by atoms with Crippen LogP contribution in [0.4, 0.5) is 10.5 Å². The second-order valence-electron chi connectivity index (χ2n) is 5.45. The molecule has 2 rings (SSSR count). The number of aryl methyl sites for hydroxylation is 2. The van der Waals surface area contributed by atoms with Gasteiger partial charge in [-0.3, -0.25) is 0 Å². The number of hydrogen-bond acceptors (Lipinski definition) is 5. The number of aromatic nitrogens is 1. The van der Waals surface area contributed by atoms with Crippen molar-refractivity contribution in [2.75, 3.05) is 24.7 Å². The van der Waals surface area contributed by atoms with E-state index < -0.39 is 10.0 Å². The van der Waals surface area contributed by atoms with Gasteiger partial charge < -0.3 is 15.2 Å². The number of nitrogens with zero attached hydrogens (tertiary/aromatic N) is 2. The van der Waals surface area contributed by atoms with Crippen LogP contribution in [0.5, 0.6) is 0 Å². The number of nitrogens with one attached hydrogen (secondary N) is 2. The Labute approximate surface area is 130 Å². The molecule has 2 heterocycles. The van der Waals surface area contributed by atoms with Gasteiger partial charge in [0.2, 0.25) is 10.0 Å². The molecule has 0 unspecified atom stereocenters. The van der Waals surface area contributed by atoms with Crippen LogP contribution in [0.3, 0.4) is 0 Å². The lowest BCUT2D eigenvalue weighted by molar-refractivity contribution is 0.238. The summed E-state index contributed by atoms with van der Waals surface area (Å²) in [6, 6.07) is -0.359. The molecule has 2 amide bonds. The van der Waals surface area contributed by atoms with E-state index in [4.69, 9.17) is 4.52 Å². The number of carbonyl (C=O) groups excluding carboxylic acids is 1. The van der Waals surface area contributed by atoms with E-state index in [9.17, 15) is 13.2 Å². The molecule has 0 spiro atoms. The van der Waals surface area contributed by atoms with Crippen LogP contribution in [-0.4, -0.2) is 49.3 Å². The standard InChI is InChI=1S/C13H22N4O4S/c1-4-11-12(9(2)16-21-11)15-13(18)14-10-5-7-17(8-6-10)22(3,19)20/h10H,4-8H2,1-3H3,(H2,14,15,18). The van der Waals surface area contributed by atoms with Gasteiger partial charge in [-0.05, 0) is 19.8 Å². The van der Waals surface area contributed by atoms with Crippen molar-refractivity contribution < 1.29 is 17.7 Å². The van der Waals surface area contributed by atoms with Gasteiger partial charge in [-0.1, -0.05) is 12.1 Å². The number of amides is 2. The van der Waals surface area contributed by atoms with Crippen molar-refractivity contribution in [3.05, 3.63) is 11.5 Å². The van der Waals surface area contributed by atoms with Crippen molar-refractivity contribution >= 4 is 21.7 Å². The first-order chi connectivity index (χ1) is 10.3. The maximum absolute atomic E-state index is 12.1. The van der Waals surface area contributed by atoms with E-state index in [1.54, 1.807) is 6.92 Å². The monoisotopic (exact) mass is 330 g/mol. The van der Waals surface area contributed by atoms with E-state index in [0.29, 0.717) is 49.5 Å². The first-order valence-corrected chi connectivity index (χ1v) is 9.14. The number of anilines is 1. The summed E-state index contributed by atoms with van der Waals surface area (Å²) in [6.07, 6.45) is 3.05. The molecular formula is C13H22N4O4S. The van der Waals surface area contributed by atoms with Crippen LogP contribution in [0.25, 0.3) is 0 Å². The zero-order chi connectivity index (χ0) is 16.3. The van der Waals surface area contributed by atoms with Crippen molar-refractivity contribution in [3.63, 3.8) is 0 Å². The van der Waals surface area contributed by atoms with Gasteiger partial charge >= 0.3 is 6.03 Å². The van der Waals surface area contributed by atoms with Crippen LogP contribution < -0.4 is 10.6 Å². The van der Waals surface area contributed by atoms with E-state index in [2.05, 4.69) is 15.8 Å². The number of carbonyl (C=O) groups is 1. The second kappa shape index (κ2) is 6.66. The number of hydrogen-bond donors (Lipinski definition) is 2. The molecular weight excluding hydrogens is 308 g/mol. The highest BCUT2D eigenvalue weighted by molar-refractivity contribution is 7.88. The van der Waals surface area contributed by atoms with Crippen molar-refractivity contribution in [2.24, 2.45) is 0 Å². The Morgan fingerprint density at radius 3 is 2.59 bits per heavy atom. The summed E-state index contributed by atoms with van der Waals surface area (Å²) in [7, 11) is -3.15. The first-order valence-electron chi connectivity index (χ1n) is 7.29. The van der Waals surface area contributed by atoms with E-state index in [0.717, 1.165) is 0 Å². The Morgan fingerprint density at radius 2 is 2.05 bits per heavy atom. The predicted octanol–water partition coefficient (Wildman–Crippen LogP) is 1.09. The molecule has 8 nitrogen and oxygen atoms in total. The van der Waals surface area contributed by atoms with Crippen LogP contribution >= 0.6 is 0 Å². The zero-order valence-corrected chi connectivity index (χ0v) is 13.9. The largest absolute Gasteiger partial charge is 0.359 e. The number of urea groups is 1.